The molecule has 0 bridgehead atoms. The van der Waals surface area contributed by atoms with Crippen LogP contribution in [0.1, 0.15) is 17.7 Å². The molecule has 0 amide bonds. The van der Waals surface area contributed by atoms with E-state index in [1.165, 1.54) is 9.13 Å². The summed E-state index contributed by atoms with van der Waals surface area (Å²) in [6.45, 7) is 3.98. The van der Waals surface area contributed by atoms with Gasteiger partial charge in [0.15, 0.2) is 11.2 Å². The Kier molecular flexibility index (Phi) is 5.17. The molecule has 2 aromatic carbocycles. The first-order valence-electron chi connectivity index (χ1n) is 11.2. The first kappa shape index (κ1) is 21.2. The number of hydrogen-bond donors (Lipinski definition) is 0. The molecular formula is C25H28N6O2. The molecule has 3 heterocycles. The summed E-state index contributed by atoms with van der Waals surface area (Å²) in [6, 6.07) is 14.0. The zero-order valence-electron chi connectivity index (χ0n) is 19.4. The third-order valence-corrected chi connectivity index (χ3v) is 6.34. The summed E-state index contributed by atoms with van der Waals surface area (Å²) in [4.78, 5) is 33.7. The van der Waals surface area contributed by atoms with Crippen LogP contribution in [0.25, 0.3) is 27.7 Å². The monoisotopic (exact) mass is 444 g/mol. The van der Waals surface area contributed by atoms with Crippen LogP contribution in [0.15, 0.2) is 58.3 Å². The molecule has 0 radical (unpaired) electrons. The highest BCUT2D eigenvalue weighted by Gasteiger charge is 2.20. The molecule has 0 aliphatic carbocycles. The number of nitrogens with zero attached hydrogens (tertiary/aromatic N) is 6. The molecule has 0 N–H and O–H groups in total. The molecule has 3 aromatic heterocycles. The van der Waals surface area contributed by atoms with Gasteiger partial charge in [-0.15, -0.1) is 0 Å². The maximum absolute atomic E-state index is 13.6. The molecule has 0 unspecified atom stereocenters. The Bertz CT molecular complexity index is 1610. The average Bonchev–Trinajstić information content (AvgIpc) is 3.30. The van der Waals surface area contributed by atoms with Crippen molar-refractivity contribution in [3.8, 4) is 0 Å². The first-order chi connectivity index (χ1) is 15.9. The second-order valence-electron chi connectivity index (χ2n) is 8.90. The number of aromatic nitrogens is 5. The van der Waals surface area contributed by atoms with Crippen molar-refractivity contribution in [1.82, 2.24) is 28.0 Å². The van der Waals surface area contributed by atoms with E-state index in [1.54, 1.807) is 7.05 Å². The first-order valence-corrected chi connectivity index (χ1v) is 11.2. The fourth-order valence-electron chi connectivity index (χ4n) is 4.62. The Morgan fingerprint density at radius 1 is 1.00 bits per heavy atom. The van der Waals surface area contributed by atoms with Crippen molar-refractivity contribution in [3.63, 3.8) is 0 Å². The third kappa shape index (κ3) is 3.47. The van der Waals surface area contributed by atoms with Gasteiger partial charge in [0, 0.05) is 25.5 Å². The minimum atomic E-state index is -0.364. The van der Waals surface area contributed by atoms with E-state index < -0.39 is 0 Å². The van der Waals surface area contributed by atoms with E-state index >= 15 is 0 Å². The molecule has 0 atom stereocenters. The van der Waals surface area contributed by atoms with Crippen molar-refractivity contribution in [2.75, 3.05) is 20.6 Å². The third-order valence-electron chi connectivity index (χ3n) is 6.34. The van der Waals surface area contributed by atoms with Crippen LogP contribution in [0.4, 0.5) is 0 Å². The molecule has 0 saturated heterocycles. The zero-order chi connectivity index (χ0) is 23.3. The van der Waals surface area contributed by atoms with E-state index in [1.807, 2.05) is 60.0 Å². The Hall–Kier alpha value is -3.65. The van der Waals surface area contributed by atoms with E-state index in [2.05, 4.69) is 23.6 Å². The molecule has 0 fully saturated rings. The van der Waals surface area contributed by atoms with Crippen LogP contribution in [0, 0.1) is 6.92 Å². The SMILES string of the molecule is Cc1cn2c3c(=O)n(Cc4cccc5ccccc45)c(=O)n(C)c3nc2n1CCCN(C)C. The fourth-order valence-corrected chi connectivity index (χ4v) is 4.62. The van der Waals surface area contributed by atoms with Gasteiger partial charge in [0.2, 0.25) is 5.78 Å². The normalized spacial score (nSPS) is 12.0. The quantitative estimate of drug-likeness (QED) is 0.404. The van der Waals surface area contributed by atoms with Crippen molar-refractivity contribution in [3.05, 3.63) is 80.8 Å². The highest BCUT2D eigenvalue weighted by atomic mass is 16.2. The lowest BCUT2D eigenvalue weighted by atomic mass is 10.0. The van der Waals surface area contributed by atoms with E-state index in [9.17, 15) is 9.59 Å². The van der Waals surface area contributed by atoms with Gasteiger partial charge in [-0.25, -0.2) is 4.79 Å². The number of aryl methyl sites for hydroxylation is 3. The molecular weight excluding hydrogens is 416 g/mol. The lowest BCUT2D eigenvalue weighted by Crippen LogP contribution is -2.39. The van der Waals surface area contributed by atoms with Crippen molar-refractivity contribution in [2.45, 2.75) is 26.4 Å². The van der Waals surface area contributed by atoms with Crippen molar-refractivity contribution >= 4 is 27.7 Å². The van der Waals surface area contributed by atoms with Gasteiger partial charge in [0.1, 0.15) is 0 Å². The lowest BCUT2D eigenvalue weighted by molar-refractivity contribution is 0.387. The Labute approximate surface area is 190 Å². The second kappa shape index (κ2) is 8.04. The van der Waals surface area contributed by atoms with Gasteiger partial charge in [0.05, 0.1) is 6.54 Å². The molecule has 33 heavy (non-hydrogen) atoms. The van der Waals surface area contributed by atoms with Crippen LogP contribution in [-0.4, -0.2) is 48.6 Å². The Balaban J connectivity index is 1.67. The van der Waals surface area contributed by atoms with E-state index in [4.69, 9.17) is 4.98 Å². The number of benzene rings is 2. The molecule has 0 saturated carbocycles. The minimum absolute atomic E-state index is 0.207. The topological polar surface area (TPSA) is 69.5 Å². The van der Waals surface area contributed by atoms with Crippen LogP contribution in [-0.2, 0) is 20.1 Å². The summed E-state index contributed by atoms with van der Waals surface area (Å²) >= 11 is 0. The molecule has 0 aliphatic rings. The van der Waals surface area contributed by atoms with Crippen LogP contribution in [0.3, 0.4) is 0 Å². The summed E-state index contributed by atoms with van der Waals surface area (Å²) in [5, 5.41) is 2.12. The molecule has 0 spiro atoms. The second-order valence-corrected chi connectivity index (χ2v) is 8.90. The van der Waals surface area contributed by atoms with Gasteiger partial charge in [-0.1, -0.05) is 42.5 Å². The van der Waals surface area contributed by atoms with Gasteiger partial charge in [-0.05, 0) is 50.3 Å². The Morgan fingerprint density at radius 3 is 2.55 bits per heavy atom. The van der Waals surface area contributed by atoms with Crippen molar-refractivity contribution < 1.29 is 0 Å². The van der Waals surface area contributed by atoms with E-state index in [-0.39, 0.29) is 17.8 Å². The van der Waals surface area contributed by atoms with Gasteiger partial charge in [0.25, 0.3) is 5.56 Å². The molecule has 0 aliphatic heterocycles. The number of fused-ring (bicyclic) bond motifs is 4. The summed E-state index contributed by atoms with van der Waals surface area (Å²) in [7, 11) is 5.78. The van der Waals surface area contributed by atoms with Gasteiger partial charge in [-0.3, -0.25) is 18.3 Å². The summed E-state index contributed by atoms with van der Waals surface area (Å²) in [5.74, 6) is 0.691. The predicted octanol–water partition coefficient (Wildman–Crippen LogP) is 2.61. The number of hydrogen-bond acceptors (Lipinski definition) is 4. The van der Waals surface area contributed by atoms with Crippen LogP contribution < -0.4 is 11.2 Å². The minimum Gasteiger partial charge on any atom is -0.314 e. The molecule has 8 nitrogen and oxygen atoms in total. The maximum atomic E-state index is 13.6. The summed E-state index contributed by atoms with van der Waals surface area (Å²) in [6.07, 6.45) is 2.90. The van der Waals surface area contributed by atoms with E-state index in [0.29, 0.717) is 16.9 Å². The molecule has 8 heteroatoms. The lowest BCUT2D eigenvalue weighted by Gasteiger charge is -2.11. The largest absolute Gasteiger partial charge is 0.332 e. The predicted molar refractivity (Wildman–Crippen MR) is 131 cm³/mol. The van der Waals surface area contributed by atoms with Crippen LogP contribution in [0.5, 0.6) is 0 Å². The summed E-state index contributed by atoms with van der Waals surface area (Å²) in [5.41, 5.74) is 2.13. The average molecular weight is 445 g/mol. The number of imidazole rings is 2. The molecule has 170 valence electrons. The summed E-state index contributed by atoms with van der Waals surface area (Å²) < 4.78 is 6.75. The van der Waals surface area contributed by atoms with Crippen LogP contribution in [0.2, 0.25) is 0 Å². The molecule has 5 rings (SSSR count). The van der Waals surface area contributed by atoms with Crippen molar-refractivity contribution in [1.29, 1.82) is 0 Å². The van der Waals surface area contributed by atoms with Gasteiger partial charge in [-0.2, -0.15) is 4.98 Å². The number of rotatable bonds is 6. The Morgan fingerprint density at radius 2 is 1.76 bits per heavy atom. The molecule has 5 aromatic rings. The van der Waals surface area contributed by atoms with Gasteiger partial charge < -0.3 is 9.47 Å². The fraction of sp³-hybridized carbons (Fsp3) is 0.320. The highest BCUT2D eigenvalue weighted by Crippen LogP contribution is 2.20. The smallest absolute Gasteiger partial charge is 0.314 e. The van der Waals surface area contributed by atoms with E-state index in [0.717, 1.165) is 41.5 Å². The van der Waals surface area contributed by atoms with Gasteiger partial charge >= 0.3 is 5.69 Å². The highest BCUT2D eigenvalue weighted by molar-refractivity contribution is 5.85. The zero-order valence-corrected chi connectivity index (χ0v) is 19.4. The standard InChI is InChI=1S/C25H28N6O2/c1-17-15-30-21-22(26-24(30)29(17)14-8-13-27(2)3)28(4)25(33)31(23(21)32)16-19-11-7-10-18-9-5-6-12-20(18)19/h5-7,9-12,15H,8,13-14,16H2,1-4H3. The maximum Gasteiger partial charge on any atom is 0.332 e. The van der Waals surface area contributed by atoms with Crippen molar-refractivity contribution in [2.24, 2.45) is 7.05 Å². The van der Waals surface area contributed by atoms with Crippen LogP contribution >= 0.6 is 0 Å².